The number of aromatic hydroxyl groups is 1. The molecule has 2 aromatic rings. The van der Waals surface area contributed by atoms with Crippen molar-refractivity contribution in [2.24, 2.45) is 0 Å². The molecule has 0 unspecified atom stereocenters. The number of nitro groups is 1. The number of phenols is 1. The van der Waals surface area contributed by atoms with Crippen molar-refractivity contribution in [1.82, 2.24) is 9.78 Å². The van der Waals surface area contributed by atoms with Crippen LogP contribution in [-0.4, -0.2) is 25.7 Å². The molecule has 2 rings (SSSR count). The van der Waals surface area contributed by atoms with Gasteiger partial charge in [0.25, 0.3) is 5.69 Å². The van der Waals surface area contributed by atoms with Gasteiger partial charge in [0.05, 0.1) is 27.3 Å². The molecule has 2 N–H and O–H groups in total. The van der Waals surface area contributed by atoms with Crippen molar-refractivity contribution in [3.05, 3.63) is 44.2 Å². The van der Waals surface area contributed by atoms with Crippen molar-refractivity contribution in [2.75, 3.05) is 5.32 Å². The van der Waals surface area contributed by atoms with Gasteiger partial charge in [-0.3, -0.25) is 19.6 Å². The molecular formula is C14H15BrN4O4. The van der Waals surface area contributed by atoms with Crippen LogP contribution in [-0.2, 0) is 11.3 Å². The van der Waals surface area contributed by atoms with Crippen LogP contribution in [0.3, 0.4) is 0 Å². The second-order valence-electron chi connectivity index (χ2n) is 4.96. The van der Waals surface area contributed by atoms with Crippen molar-refractivity contribution in [1.29, 1.82) is 0 Å². The molecule has 1 amide bonds. The normalized spacial score (nSPS) is 10.6. The van der Waals surface area contributed by atoms with Gasteiger partial charge in [0.2, 0.25) is 5.91 Å². The van der Waals surface area contributed by atoms with Crippen LogP contribution in [0.4, 0.5) is 11.4 Å². The molecule has 8 nitrogen and oxygen atoms in total. The third-order valence-corrected chi connectivity index (χ3v) is 4.46. The second kappa shape index (κ2) is 6.78. The van der Waals surface area contributed by atoms with Gasteiger partial charge in [0, 0.05) is 24.2 Å². The molecule has 1 aromatic heterocycles. The van der Waals surface area contributed by atoms with Crippen molar-refractivity contribution < 1.29 is 14.8 Å². The van der Waals surface area contributed by atoms with Crippen LogP contribution in [0.25, 0.3) is 0 Å². The number of halogens is 1. The molecule has 0 aliphatic rings. The van der Waals surface area contributed by atoms with Crippen LogP contribution in [0, 0.1) is 24.0 Å². The van der Waals surface area contributed by atoms with E-state index in [1.54, 1.807) is 4.68 Å². The predicted octanol–water partition coefficient (Wildman–Crippen LogP) is 2.91. The summed E-state index contributed by atoms with van der Waals surface area (Å²) in [5, 5.41) is 27.2. The summed E-state index contributed by atoms with van der Waals surface area (Å²) in [6.45, 7) is 4.10. The van der Waals surface area contributed by atoms with Crippen LogP contribution in [0.5, 0.6) is 5.75 Å². The Labute approximate surface area is 140 Å². The zero-order valence-electron chi connectivity index (χ0n) is 12.5. The number of amides is 1. The standard InChI is InChI=1S/C14H15BrN4O4/c1-8-14(15)9(2)18(17-8)6-5-13(21)16-11-7-10(19(22)23)3-4-12(11)20/h3-4,7,20H,5-6H2,1-2H3,(H,16,21). The first-order valence-electron chi connectivity index (χ1n) is 6.76. The van der Waals surface area contributed by atoms with E-state index < -0.39 is 4.92 Å². The van der Waals surface area contributed by atoms with Crippen molar-refractivity contribution in [3.63, 3.8) is 0 Å². The van der Waals surface area contributed by atoms with E-state index in [9.17, 15) is 20.0 Å². The Balaban J connectivity index is 2.04. The Bertz CT molecular complexity index is 772. The molecule has 0 spiro atoms. The number of nitrogens with zero attached hydrogens (tertiary/aromatic N) is 3. The highest BCUT2D eigenvalue weighted by molar-refractivity contribution is 9.10. The summed E-state index contributed by atoms with van der Waals surface area (Å²) >= 11 is 3.41. The number of non-ortho nitro benzene ring substituents is 1. The molecule has 23 heavy (non-hydrogen) atoms. The van der Waals surface area contributed by atoms with Gasteiger partial charge in [-0.25, -0.2) is 0 Å². The van der Waals surface area contributed by atoms with Gasteiger partial charge in [-0.05, 0) is 35.8 Å². The van der Waals surface area contributed by atoms with E-state index in [2.05, 4.69) is 26.3 Å². The fourth-order valence-electron chi connectivity index (χ4n) is 2.05. The van der Waals surface area contributed by atoms with Crippen LogP contribution < -0.4 is 5.32 Å². The molecule has 0 fully saturated rings. The SMILES string of the molecule is Cc1nn(CCC(=O)Nc2cc([N+](=O)[O-])ccc2O)c(C)c1Br. The predicted molar refractivity (Wildman–Crippen MR) is 87.4 cm³/mol. The highest BCUT2D eigenvalue weighted by Gasteiger charge is 2.14. The topological polar surface area (TPSA) is 110 Å². The van der Waals surface area contributed by atoms with E-state index in [-0.39, 0.29) is 29.5 Å². The zero-order valence-corrected chi connectivity index (χ0v) is 14.1. The van der Waals surface area contributed by atoms with Crippen LogP contribution in [0.2, 0.25) is 0 Å². The molecular weight excluding hydrogens is 368 g/mol. The number of phenolic OH excluding ortho intramolecular Hbond substituents is 1. The first-order chi connectivity index (χ1) is 10.8. The van der Waals surface area contributed by atoms with Gasteiger partial charge < -0.3 is 10.4 Å². The summed E-state index contributed by atoms with van der Waals surface area (Å²) in [4.78, 5) is 22.1. The van der Waals surface area contributed by atoms with Crippen molar-refractivity contribution >= 4 is 33.2 Å². The lowest BCUT2D eigenvalue weighted by Gasteiger charge is -2.08. The summed E-state index contributed by atoms with van der Waals surface area (Å²) in [6, 6.07) is 3.46. The summed E-state index contributed by atoms with van der Waals surface area (Å²) in [6.07, 6.45) is 0.122. The maximum atomic E-state index is 12.0. The van der Waals surface area contributed by atoms with Gasteiger partial charge in [-0.1, -0.05) is 0 Å². The highest BCUT2D eigenvalue weighted by Crippen LogP contribution is 2.28. The average Bonchev–Trinajstić information content (AvgIpc) is 2.74. The van der Waals surface area contributed by atoms with Gasteiger partial charge in [0.1, 0.15) is 5.75 Å². The maximum Gasteiger partial charge on any atom is 0.271 e. The molecule has 0 radical (unpaired) electrons. The van der Waals surface area contributed by atoms with Crippen LogP contribution in [0.15, 0.2) is 22.7 Å². The molecule has 1 heterocycles. The molecule has 0 atom stereocenters. The summed E-state index contributed by atoms with van der Waals surface area (Å²) in [5.74, 6) is -0.595. The Morgan fingerprint density at radius 3 is 2.74 bits per heavy atom. The third-order valence-electron chi connectivity index (χ3n) is 3.31. The number of benzene rings is 1. The van der Waals surface area contributed by atoms with Gasteiger partial charge in [0.15, 0.2) is 0 Å². The third kappa shape index (κ3) is 3.86. The smallest absolute Gasteiger partial charge is 0.271 e. The van der Waals surface area contributed by atoms with E-state index >= 15 is 0 Å². The Morgan fingerprint density at radius 2 is 2.17 bits per heavy atom. The minimum Gasteiger partial charge on any atom is -0.506 e. The van der Waals surface area contributed by atoms with E-state index in [0.29, 0.717) is 6.54 Å². The minimum absolute atomic E-state index is 0.0127. The largest absolute Gasteiger partial charge is 0.506 e. The Kier molecular flexibility index (Phi) is 4.99. The quantitative estimate of drug-likeness (QED) is 0.469. The second-order valence-corrected chi connectivity index (χ2v) is 5.76. The van der Waals surface area contributed by atoms with Crippen LogP contribution >= 0.6 is 15.9 Å². The molecule has 122 valence electrons. The summed E-state index contributed by atoms with van der Waals surface area (Å²) < 4.78 is 2.60. The highest BCUT2D eigenvalue weighted by atomic mass is 79.9. The lowest BCUT2D eigenvalue weighted by Crippen LogP contribution is -2.15. The first-order valence-corrected chi connectivity index (χ1v) is 7.55. The molecule has 9 heteroatoms. The number of aromatic nitrogens is 2. The molecule has 0 saturated carbocycles. The number of hydrogen-bond donors (Lipinski definition) is 2. The van der Waals surface area contributed by atoms with Crippen LogP contribution in [0.1, 0.15) is 17.8 Å². The van der Waals surface area contributed by atoms with Crippen molar-refractivity contribution in [3.8, 4) is 5.75 Å². The molecule has 0 aliphatic heterocycles. The number of nitro benzene ring substituents is 1. The maximum absolute atomic E-state index is 12.0. The molecule has 0 bridgehead atoms. The number of nitrogens with one attached hydrogen (secondary N) is 1. The number of carbonyl (C=O) groups is 1. The first kappa shape index (κ1) is 16.9. The number of anilines is 1. The molecule has 0 aliphatic carbocycles. The molecule has 1 aromatic carbocycles. The molecule has 0 saturated heterocycles. The average molecular weight is 383 g/mol. The number of hydrogen-bond acceptors (Lipinski definition) is 5. The summed E-state index contributed by atoms with van der Waals surface area (Å²) in [7, 11) is 0. The van der Waals surface area contributed by atoms with Gasteiger partial charge >= 0.3 is 0 Å². The van der Waals surface area contributed by atoms with E-state index in [4.69, 9.17) is 0 Å². The van der Waals surface area contributed by atoms with E-state index in [1.165, 1.54) is 12.1 Å². The van der Waals surface area contributed by atoms with Crippen molar-refractivity contribution in [2.45, 2.75) is 26.8 Å². The monoisotopic (exact) mass is 382 g/mol. The number of rotatable bonds is 5. The van der Waals surface area contributed by atoms with E-state index in [1.807, 2.05) is 13.8 Å². The Morgan fingerprint density at radius 1 is 1.48 bits per heavy atom. The lowest BCUT2D eigenvalue weighted by molar-refractivity contribution is -0.384. The minimum atomic E-state index is -0.595. The lowest BCUT2D eigenvalue weighted by atomic mass is 10.2. The fraction of sp³-hybridized carbons (Fsp3) is 0.286. The number of aryl methyl sites for hydroxylation is 2. The van der Waals surface area contributed by atoms with Gasteiger partial charge in [-0.2, -0.15) is 5.10 Å². The van der Waals surface area contributed by atoms with E-state index in [0.717, 1.165) is 21.9 Å². The Hall–Kier alpha value is -2.42. The fourth-order valence-corrected chi connectivity index (χ4v) is 2.33. The zero-order chi connectivity index (χ0) is 17.1. The number of carbonyl (C=O) groups excluding carboxylic acids is 1. The van der Waals surface area contributed by atoms with Gasteiger partial charge in [-0.15, -0.1) is 0 Å². The summed E-state index contributed by atoms with van der Waals surface area (Å²) in [5.41, 5.74) is 1.55.